The molecule has 0 saturated carbocycles. The van der Waals surface area contributed by atoms with Crippen molar-refractivity contribution < 1.29 is 4.74 Å². The van der Waals surface area contributed by atoms with Gasteiger partial charge in [-0.2, -0.15) is 0 Å². The first kappa shape index (κ1) is 13.3. The molecule has 0 N–H and O–H groups in total. The molecule has 4 rings (SSSR count). The number of nitrogens with zero attached hydrogens (tertiary/aromatic N) is 3. The second-order valence-corrected chi connectivity index (χ2v) is 6.58. The molecule has 110 valence electrons. The van der Waals surface area contributed by atoms with Crippen LogP contribution in [-0.2, 0) is 11.3 Å². The van der Waals surface area contributed by atoms with E-state index in [-0.39, 0.29) is 5.56 Å². The van der Waals surface area contributed by atoms with E-state index in [0.29, 0.717) is 24.6 Å². The van der Waals surface area contributed by atoms with Crippen LogP contribution < -0.4 is 10.5 Å². The molecule has 1 aromatic carbocycles. The summed E-state index contributed by atoms with van der Waals surface area (Å²) in [7, 11) is 0. The number of fused-ring (bicyclic) bond motifs is 4. The average Bonchev–Trinajstić information content (AvgIpc) is 2.48. The van der Waals surface area contributed by atoms with Crippen LogP contribution in [-0.4, -0.2) is 35.4 Å². The van der Waals surface area contributed by atoms with Crippen LogP contribution in [0.3, 0.4) is 0 Å². The summed E-state index contributed by atoms with van der Waals surface area (Å²) in [6.07, 6.45) is 0.938. The van der Waals surface area contributed by atoms with Crippen LogP contribution in [0.2, 0.25) is 0 Å². The molecular weight excluding hydrogens is 334 g/mol. The summed E-state index contributed by atoms with van der Waals surface area (Å²) < 4.78 is 8.24. The molecule has 0 amide bonds. The van der Waals surface area contributed by atoms with Gasteiger partial charge >= 0.3 is 0 Å². The zero-order chi connectivity index (χ0) is 14.6. The summed E-state index contributed by atoms with van der Waals surface area (Å²) in [5.74, 6) is 0.789. The quantitative estimate of drug-likeness (QED) is 0.730. The highest BCUT2D eigenvalue weighted by Gasteiger charge is 2.31. The predicted octanol–water partition coefficient (Wildman–Crippen LogP) is 2.08. The van der Waals surface area contributed by atoms with E-state index in [0.717, 1.165) is 41.1 Å². The number of halogens is 1. The Labute approximate surface area is 130 Å². The third-order valence-corrected chi connectivity index (χ3v) is 4.91. The van der Waals surface area contributed by atoms with Crippen molar-refractivity contribution in [1.82, 2.24) is 9.55 Å². The van der Waals surface area contributed by atoms with Gasteiger partial charge in [-0.1, -0.05) is 0 Å². The molecule has 0 spiro atoms. The summed E-state index contributed by atoms with van der Waals surface area (Å²) in [5, 5.41) is 0.692. The van der Waals surface area contributed by atoms with Crippen LogP contribution in [0.25, 0.3) is 10.9 Å². The normalized spacial score (nSPS) is 21.2. The Balaban J connectivity index is 2.00. The van der Waals surface area contributed by atoms with Crippen LogP contribution in [0.5, 0.6) is 0 Å². The number of anilines is 1. The van der Waals surface area contributed by atoms with Crippen molar-refractivity contribution in [3.63, 3.8) is 0 Å². The van der Waals surface area contributed by atoms with Crippen molar-refractivity contribution in [3.8, 4) is 0 Å². The van der Waals surface area contributed by atoms with E-state index >= 15 is 0 Å². The molecule has 0 aliphatic carbocycles. The summed E-state index contributed by atoms with van der Waals surface area (Å²) in [6.45, 7) is 4.92. The predicted molar refractivity (Wildman–Crippen MR) is 85.0 cm³/mol. The average molecular weight is 350 g/mol. The minimum absolute atomic E-state index is 0.0596. The van der Waals surface area contributed by atoms with E-state index in [1.54, 1.807) is 0 Å². The Bertz CT molecular complexity index is 787. The molecule has 3 heterocycles. The highest BCUT2D eigenvalue weighted by atomic mass is 79.9. The molecule has 1 aromatic heterocycles. The number of morpholine rings is 1. The van der Waals surface area contributed by atoms with E-state index in [2.05, 4.69) is 20.8 Å². The molecule has 5 nitrogen and oxygen atoms in total. The lowest BCUT2D eigenvalue weighted by Crippen LogP contribution is -2.52. The maximum absolute atomic E-state index is 12.8. The largest absolute Gasteiger partial charge is 0.377 e. The number of ether oxygens (including phenoxy) is 1. The van der Waals surface area contributed by atoms with Gasteiger partial charge in [0.15, 0.2) is 0 Å². The number of rotatable bonds is 0. The van der Waals surface area contributed by atoms with E-state index in [1.165, 1.54) is 0 Å². The minimum atomic E-state index is 0.0596. The van der Waals surface area contributed by atoms with E-state index in [4.69, 9.17) is 9.72 Å². The molecule has 0 radical (unpaired) electrons. The fraction of sp³-hybridized carbons (Fsp3) is 0.467. The standard InChI is InChI=1S/C15H16BrN3O2/c1-9-6-11-13(12(16)7-9)17-15-18-4-5-21-8-10(18)2-3-19(15)14(11)20/h6-7,10H,2-5,8H2,1H3. The molecule has 0 bridgehead atoms. The highest BCUT2D eigenvalue weighted by molar-refractivity contribution is 9.10. The van der Waals surface area contributed by atoms with Crippen LogP contribution in [0.1, 0.15) is 12.0 Å². The summed E-state index contributed by atoms with van der Waals surface area (Å²) in [5.41, 5.74) is 1.88. The topological polar surface area (TPSA) is 47.4 Å². The zero-order valence-electron chi connectivity index (χ0n) is 11.8. The summed E-state index contributed by atoms with van der Waals surface area (Å²) in [4.78, 5) is 19.8. The van der Waals surface area contributed by atoms with Gasteiger partial charge in [0.2, 0.25) is 5.95 Å². The van der Waals surface area contributed by atoms with Crippen molar-refractivity contribution in [2.24, 2.45) is 0 Å². The maximum Gasteiger partial charge on any atom is 0.262 e. The molecule has 1 unspecified atom stereocenters. The molecular formula is C15H16BrN3O2. The third-order valence-electron chi connectivity index (χ3n) is 4.31. The summed E-state index contributed by atoms with van der Waals surface area (Å²) >= 11 is 3.54. The lowest BCUT2D eigenvalue weighted by atomic mass is 10.1. The Hall–Kier alpha value is -1.40. The van der Waals surface area contributed by atoms with Crippen molar-refractivity contribution in [1.29, 1.82) is 0 Å². The Morgan fingerprint density at radius 1 is 1.38 bits per heavy atom. The Morgan fingerprint density at radius 2 is 2.24 bits per heavy atom. The van der Waals surface area contributed by atoms with Gasteiger partial charge in [0.1, 0.15) is 0 Å². The van der Waals surface area contributed by atoms with Crippen molar-refractivity contribution in [3.05, 3.63) is 32.5 Å². The maximum atomic E-state index is 12.8. The number of hydrogen-bond donors (Lipinski definition) is 0. The van der Waals surface area contributed by atoms with Crippen molar-refractivity contribution in [2.75, 3.05) is 24.7 Å². The highest BCUT2D eigenvalue weighted by Crippen LogP contribution is 2.29. The van der Waals surface area contributed by atoms with Crippen LogP contribution in [0.15, 0.2) is 21.4 Å². The van der Waals surface area contributed by atoms with Gasteiger partial charge in [0.05, 0.1) is 30.2 Å². The monoisotopic (exact) mass is 349 g/mol. The molecule has 2 aliphatic heterocycles. The van der Waals surface area contributed by atoms with Crippen molar-refractivity contribution >= 4 is 32.8 Å². The van der Waals surface area contributed by atoms with Gasteiger partial charge < -0.3 is 9.64 Å². The summed E-state index contributed by atoms with van der Waals surface area (Å²) in [6, 6.07) is 4.27. The van der Waals surface area contributed by atoms with Gasteiger partial charge in [0, 0.05) is 17.6 Å². The van der Waals surface area contributed by atoms with Crippen molar-refractivity contribution in [2.45, 2.75) is 25.9 Å². The lowest BCUT2D eigenvalue weighted by Gasteiger charge is -2.41. The van der Waals surface area contributed by atoms with Crippen LogP contribution >= 0.6 is 15.9 Å². The van der Waals surface area contributed by atoms with E-state index in [9.17, 15) is 4.79 Å². The second-order valence-electron chi connectivity index (χ2n) is 5.72. The lowest BCUT2D eigenvalue weighted by molar-refractivity contribution is 0.0844. The van der Waals surface area contributed by atoms with Gasteiger partial charge in [-0.3, -0.25) is 9.36 Å². The number of benzene rings is 1. The smallest absolute Gasteiger partial charge is 0.262 e. The number of aromatic nitrogens is 2. The fourth-order valence-electron chi connectivity index (χ4n) is 3.26. The zero-order valence-corrected chi connectivity index (χ0v) is 13.4. The Morgan fingerprint density at radius 3 is 3.10 bits per heavy atom. The fourth-order valence-corrected chi connectivity index (χ4v) is 3.93. The molecule has 1 saturated heterocycles. The van der Waals surface area contributed by atoms with Gasteiger partial charge in [-0.25, -0.2) is 4.98 Å². The SMILES string of the molecule is Cc1cc(Br)c2nc3n(c(=O)c2c1)CCC1COCCN31. The minimum Gasteiger partial charge on any atom is -0.377 e. The van der Waals surface area contributed by atoms with Gasteiger partial charge in [0.25, 0.3) is 5.56 Å². The van der Waals surface area contributed by atoms with E-state index < -0.39 is 0 Å². The van der Waals surface area contributed by atoms with Crippen LogP contribution in [0, 0.1) is 6.92 Å². The molecule has 2 aromatic rings. The van der Waals surface area contributed by atoms with E-state index in [1.807, 2.05) is 23.6 Å². The third kappa shape index (κ3) is 2.00. The first-order chi connectivity index (χ1) is 10.1. The first-order valence-electron chi connectivity index (χ1n) is 7.20. The van der Waals surface area contributed by atoms with Gasteiger partial charge in [-0.05, 0) is 47.0 Å². The molecule has 1 atom stereocenters. The first-order valence-corrected chi connectivity index (χ1v) is 7.99. The molecule has 21 heavy (non-hydrogen) atoms. The second kappa shape index (κ2) is 4.81. The molecule has 6 heteroatoms. The molecule has 1 fully saturated rings. The Kier molecular flexibility index (Phi) is 3.04. The molecule has 2 aliphatic rings. The number of hydrogen-bond acceptors (Lipinski definition) is 4. The number of aryl methyl sites for hydroxylation is 1. The van der Waals surface area contributed by atoms with Gasteiger partial charge in [-0.15, -0.1) is 0 Å². The van der Waals surface area contributed by atoms with Crippen LogP contribution in [0.4, 0.5) is 5.95 Å².